The highest BCUT2D eigenvalue weighted by atomic mass is 14.9. The van der Waals surface area contributed by atoms with Gasteiger partial charge in [0.25, 0.3) is 0 Å². The normalized spacial score (nSPS) is 12.6. The van der Waals surface area contributed by atoms with Crippen molar-refractivity contribution in [2.75, 3.05) is 16.8 Å². The minimum atomic E-state index is 0.824. The molecule has 18 heavy (non-hydrogen) atoms. The molecule has 0 saturated carbocycles. The van der Waals surface area contributed by atoms with Gasteiger partial charge in [-0.1, -0.05) is 12.1 Å². The fraction of sp³-hybridized carbons (Fsp3) is 0.200. The Kier molecular flexibility index (Phi) is 2.23. The van der Waals surface area contributed by atoms with Crippen molar-refractivity contribution in [3.8, 4) is 0 Å². The number of nitrogens with one attached hydrogen (secondary N) is 1. The summed E-state index contributed by atoms with van der Waals surface area (Å²) in [6, 6.07) is 8.33. The smallest absolute Gasteiger partial charge is 0.0441 e. The lowest BCUT2D eigenvalue weighted by Crippen LogP contribution is -2.09. The van der Waals surface area contributed by atoms with Crippen LogP contribution in [0.15, 0.2) is 24.3 Å². The maximum Gasteiger partial charge on any atom is 0.0441 e. The van der Waals surface area contributed by atoms with Gasteiger partial charge in [-0.05, 0) is 48.2 Å². The van der Waals surface area contributed by atoms with Crippen molar-refractivity contribution < 1.29 is 0 Å². The minimum Gasteiger partial charge on any atom is -0.398 e. The summed E-state index contributed by atoms with van der Waals surface area (Å²) in [7, 11) is 0. The van der Waals surface area contributed by atoms with Gasteiger partial charge in [-0.3, -0.25) is 0 Å². The Balaban J connectivity index is 2.12. The van der Waals surface area contributed by atoms with Gasteiger partial charge in [-0.25, -0.2) is 0 Å². The van der Waals surface area contributed by atoms with Crippen LogP contribution in [0.1, 0.15) is 22.3 Å². The summed E-state index contributed by atoms with van der Waals surface area (Å²) in [6.07, 6.45) is 0.930. The minimum absolute atomic E-state index is 0.824. The van der Waals surface area contributed by atoms with Gasteiger partial charge >= 0.3 is 0 Å². The van der Waals surface area contributed by atoms with Crippen LogP contribution in [-0.2, 0) is 6.42 Å². The van der Waals surface area contributed by atoms with Crippen LogP contribution in [0.25, 0.3) is 0 Å². The fourth-order valence-corrected chi connectivity index (χ4v) is 2.44. The van der Waals surface area contributed by atoms with Gasteiger partial charge in [0.05, 0.1) is 0 Å². The highest BCUT2D eigenvalue weighted by Crippen LogP contribution is 2.36. The molecule has 2 aromatic carbocycles. The molecule has 0 spiro atoms. The van der Waals surface area contributed by atoms with E-state index in [0.717, 1.165) is 40.3 Å². The second-order valence-electron chi connectivity index (χ2n) is 5.03. The van der Waals surface area contributed by atoms with Crippen LogP contribution in [-0.4, -0.2) is 0 Å². The Morgan fingerprint density at radius 2 is 1.28 bits per heavy atom. The first-order chi connectivity index (χ1) is 8.54. The molecule has 0 unspecified atom stereocenters. The van der Waals surface area contributed by atoms with Crippen molar-refractivity contribution in [3.05, 3.63) is 46.5 Å². The molecule has 0 bridgehead atoms. The average Bonchev–Trinajstić information content (AvgIpc) is 2.31. The molecule has 1 aliphatic heterocycles. The van der Waals surface area contributed by atoms with Crippen molar-refractivity contribution in [2.45, 2.75) is 20.3 Å². The average molecular weight is 239 g/mol. The summed E-state index contributed by atoms with van der Waals surface area (Å²) in [5.74, 6) is 0. The molecule has 92 valence electrons. The van der Waals surface area contributed by atoms with Gasteiger partial charge in [0.2, 0.25) is 0 Å². The van der Waals surface area contributed by atoms with E-state index in [1.807, 2.05) is 26.0 Å². The van der Waals surface area contributed by atoms with Crippen molar-refractivity contribution >= 4 is 22.7 Å². The van der Waals surface area contributed by atoms with Crippen LogP contribution in [0.5, 0.6) is 0 Å². The molecular formula is C15H17N3. The predicted octanol–water partition coefficient (Wildman–Crippen LogP) is 3.12. The lowest BCUT2D eigenvalue weighted by atomic mass is 9.93. The van der Waals surface area contributed by atoms with Crippen LogP contribution in [0.4, 0.5) is 22.7 Å². The van der Waals surface area contributed by atoms with E-state index in [1.165, 1.54) is 11.1 Å². The third-order valence-corrected chi connectivity index (χ3v) is 3.63. The monoisotopic (exact) mass is 239 g/mol. The second-order valence-corrected chi connectivity index (χ2v) is 5.03. The van der Waals surface area contributed by atoms with Gasteiger partial charge in [-0.15, -0.1) is 0 Å². The van der Waals surface area contributed by atoms with Gasteiger partial charge < -0.3 is 16.8 Å². The lowest BCUT2D eigenvalue weighted by molar-refractivity contribution is 1.14. The molecule has 0 atom stereocenters. The first-order valence-corrected chi connectivity index (χ1v) is 6.09. The topological polar surface area (TPSA) is 64.1 Å². The van der Waals surface area contributed by atoms with E-state index in [9.17, 15) is 0 Å². The molecule has 0 fully saturated rings. The van der Waals surface area contributed by atoms with Crippen LogP contribution in [0.3, 0.4) is 0 Å². The van der Waals surface area contributed by atoms with E-state index in [1.54, 1.807) is 0 Å². The third-order valence-electron chi connectivity index (χ3n) is 3.63. The molecule has 0 aliphatic carbocycles. The van der Waals surface area contributed by atoms with E-state index < -0.39 is 0 Å². The molecule has 3 rings (SSSR count). The first-order valence-electron chi connectivity index (χ1n) is 6.09. The number of anilines is 4. The molecule has 0 saturated heterocycles. The maximum absolute atomic E-state index is 5.95. The highest BCUT2D eigenvalue weighted by Gasteiger charge is 2.16. The highest BCUT2D eigenvalue weighted by molar-refractivity contribution is 5.77. The molecule has 0 amide bonds. The van der Waals surface area contributed by atoms with E-state index in [-0.39, 0.29) is 0 Å². The standard InChI is InChI=1S/C15H17N3/c1-8-3-10-5-11-4-9(2)13(17)7-15(11)18-14(10)6-12(8)16/h3-4,6-7,18H,5,16-17H2,1-2H3. The molecular weight excluding hydrogens is 222 g/mol. The molecule has 3 heteroatoms. The number of aryl methyl sites for hydroxylation is 2. The van der Waals surface area contributed by atoms with E-state index >= 15 is 0 Å². The van der Waals surface area contributed by atoms with Gasteiger partial charge in [0.1, 0.15) is 0 Å². The molecule has 1 aliphatic rings. The van der Waals surface area contributed by atoms with Crippen molar-refractivity contribution in [1.82, 2.24) is 0 Å². The van der Waals surface area contributed by atoms with Crippen LogP contribution in [0.2, 0.25) is 0 Å². The van der Waals surface area contributed by atoms with Gasteiger partial charge in [-0.2, -0.15) is 0 Å². The van der Waals surface area contributed by atoms with Crippen molar-refractivity contribution in [1.29, 1.82) is 0 Å². The molecule has 0 radical (unpaired) electrons. The zero-order valence-corrected chi connectivity index (χ0v) is 10.7. The van der Waals surface area contributed by atoms with Crippen LogP contribution >= 0.6 is 0 Å². The summed E-state index contributed by atoms with van der Waals surface area (Å²) in [5.41, 5.74) is 20.6. The number of nitrogen functional groups attached to an aromatic ring is 2. The Morgan fingerprint density at radius 3 is 1.72 bits per heavy atom. The SMILES string of the molecule is Cc1cc2c(cc1N)Nc1cc(N)c(C)cc1C2. The largest absolute Gasteiger partial charge is 0.398 e. The summed E-state index contributed by atoms with van der Waals surface area (Å²) in [4.78, 5) is 0. The summed E-state index contributed by atoms with van der Waals surface area (Å²) in [6.45, 7) is 4.08. The number of rotatable bonds is 0. The molecule has 5 N–H and O–H groups in total. The van der Waals surface area contributed by atoms with E-state index in [2.05, 4.69) is 17.4 Å². The van der Waals surface area contributed by atoms with Crippen LogP contribution < -0.4 is 16.8 Å². The van der Waals surface area contributed by atoms with Crippen molar-refractivity contribution in [3.63, 3.8) is 0 Å². The molecule has 3 nitrogen and oxygen atoms in total. The summed E-state index contributed by atoms with van der Waals surface area (Å²) in [5, 5.41) is 3.42. The molecule has 2 aromatic rings. The second kappa shape index (κ2) is 3.67. The predicted molar refractivity (Wildman–Crippen MR) is 77.3 cm³/mol. The van der Waals surface area contributed by atoms with E-state index in [4.69, 9.17) is 11.5 Å². The van der Waals surface area contributed by atoms with Gasteiger partial charge in [0.15, 0.2) is 0 Å². The Labute approximate surface area is 107 Å². The van der Waals surface area contributed by atoms with Crippen molar-refractivity contribution in [2.24, 2.45) is 0 Å². The Hall–Kier alpha value is -2.16. The number of hydrogen-bond acceptors (Lipinski definition) is 3. The summed E-state index contributed by atoms with van der Waals surface area (Å²) >= 11 is 0. The third kappa shape index (κ3) is 1.59. The maximum atomic E-state index is 5.95. The number of hydrogen-bond donors (Lipinski definition) is 3. The quantitative estimate of drug-likeness (QED) is 0.528. The fourth-order valence-electron chi connectivity index (χ4n) is 2.44. The number of nitrogens with two attached hydrogens (primary N) is 2. The zero-order valence-electron chi connectivity index (χ0n) is 10.7. The Bertz CT molecular complexity index is 533. The first kappa shape index (κ1) is 11.0. The van der Waals surface area contributed by atoms with E-state index in [0.29, 0.717) is 0 Å². The summed E-state index contributed by atoms with van der Waals surface area (Å²) < 4.78 is 0. The zero-order chi connectivity index (χ0) is 12.9. The van der Waals surface area contributed by atoms with Gasteiger partial charge in [0, 0.05) is 29.2 Å². The Morgan fingerprint density at radius 1 is 0.833 bits per heavy atom. The number of benzene rings is 2. The van der Waals surface area contributed by atoms with Crippen LogP contribution in [0, 0.1) is 13.8 Å². The molecule has 0 aromatic heterocycles. The lowest BCUT2D eigenvalue weighted by Gasteiger charge is -2.23. The number of fused-ring (bicyclic) bond motifs is 2. The molecule has 1 heterocycles.